The highest BCUT2D eigenvalue weighted by molar-refractivity contribution is 6.77. The number of aromatic nitrogens is 2. The fourth-order valence-corrected chi connectivity index (χ4v) is 5.98. The minimum absolute atomic E-state index is 0.134. The molecule has 23 heavy (non-hydrogen) atoms. The zero-order valence-corrected chi connectivity index (χ0v) is 14.7. The summed E-state index contributed by atoms with van der Waals surface area (Å²) in [5.74, 6) is -0.762. The van der Waals surface area contributed by atoms with Crippen LogP contribution < -0.4 is 10.5 Å². The molecule has 1 aliphatic heterocycles. The van der Waals surface area contributed by atoms with Crippen LogP contribution in [0.25, 0.3) is 11.0 Å². The summed E-state index contributed by atoms with van der Waals surface area (Å²) in [6.07, 6.45) is 1.95. The average molecular weight is 335 g/mol. The first-order valence-electron chi connectivity index (χ1n) is 7.88. The van der Waals surface area contributed by atoms with Crippen LogP contribution in [-0.2, 0) is 0 Å². The Morgan fingerprint density at radius 2 is 2.04 bits per heavy atom. The second-order valence-corrected chi connectivity index (χ2v) is 12.4. The number of amides is 1. The summed E-state index contributed by atoms with van der Waals surface area (Å²) in [6.45, 7) is 4.76. The molecule has 1 saturated heterocycles. The van der Waals surface area contributed by atoms with Gasteiger partial charge in [0.1, 0.15) is 17.1 Å². The van der Waals surface area contributed by atoms with Crippen LogP contribution in [0.5, 0.6) is 5.75 Å². The van der Waals surface area contributed by atoms with Crippen LogP contribution in [0.3, 0.4) is 0 Å². The molecule has 1 amide bonds. The van der Waals surface area contributed by atoms with E-state index >= 15 is 0 Å². The lowest BCUT2D eigenvalue weighted by Crippen LogP contribution is -2.33. The molecule has 0 atom stereocenters. The van der Waals surface area contributed by atoms with Gasteiger partial charge in [0.15, 0.2) is 0 Å². The maximum Gasteiger partial charge on any atom is 0.265 e. The number of halogens is 1. The molecule has 3 heterocycles. The van der Waals surface area contributed by atoms with Gasteiger partial charge < -0.3 is 15.0 Å². The van der Waals surface area contributed by atoms with E-state index < -0.39 is 19.9 Å². The van der Waals surface area contributed by atoms with E-state index in [4.69, 9.17) is 10.5 Å². The van der Waals surface area contributed by atoms with E-state index in [0.717, 1.165) is 12.8 Å². The summed E-state index contributed by atoms with van der Waals surface area (Å²) in [7, 11) is 0.342. The van der Waals surface area contributed by atoms with Crippen LogP contribution in [0.15, 0.2) is 12.1 Å². The zero-order valence-electron chi connectivity index (χ0n) is 13.7. The highest BCUT2D eigenvalue weighted by Gasteiger charge is 2.32. The number of nitrogens with two attached hydrogens (primary N) is 1. The summed E-state index contributed by atoms with van der Waals surface area (Å²) in [5.41, 5.74) is 6.38. The molecule has 0 unspecified atom stereocenters. The molecule has 0 aliphatic carbocycles. The monoisotopic (exact) mass is 335 g/mol. The highest BCUT2D eigenvalue weighted by Crippen LogP contribution is 2.39. The Labute approximate surface area is 135 Å². The summed E-state index contributed by atoms with van der Waals surface area (Å²) in [6, 6.07) is 5.40. The molecule has 0 saturated carbocycles. The van der Waals surface area contributed by atoms with Gasteiger partial charge in [0, 0.05) is 20.2 Å². The van der Waals surface area contributed by atoms with Gasteiger partial charge in [-0.3, -0.25) is 4.79 Å². The van der Waals surface area contributed by atoms with Gasteiger partial charge in [0.2, 0.25) is 5.95 Å². The Morgan fingerprint density at radius 3 is 2.61 bits per heavy atom. The maximum atomic E-state index is 13.9. The molecule has 7 heteroatoms. The van der Waals surface area contributed by atoms with Crippen LogP contribution in [0.1, 0.15) is 29.4 Å². The van der Waals surface area contributed by atoms with Crippen molar-refractivity contribution in [2.75, 3.05) is 7.11 Å². The molecule has 2 aromatic heterocycles. The van der Waals surface area contributed by atoms with E-state index in [-0.39, 0.29) is 6.04 Å². The molecule has 124 valence electrons. The number of hydrogen-bond acceptors (Lipinski definition) is 3. The number of hydrogen-bond donors (Lipinski definition) is 1. The molecule has 0 radical (unpaired) electrons. The molecule has 1 fully saturated rings. The highest BCUT2D eigenvalue weighted by atomic mass is 28.3. The Hall–Kier alpha value is -1.89. The van der Waals surface area contributed by atoms with Crippen LogP contribution in [0.4, 0.5) is 4.39 Å². The summed E-state index contributed by atoms with van der Waals surface area (Å²) >= 11 is 0. The van der Waals surface area contributed by atoms with Gasteiger partial charge in [-0.15, -0.1) is 0 Å². The SMILES string of the molecule is COc1cc(F)nc2c1cc(C(N)=O)n2C1CC[Si](C)(C)CC1. The molecule has 0 spiro atoms. The fraction of sp³-hybridized carbons (Fsp3) is 0.500. The number of ether oxygens (including phenoxy) is 1. The predicted octanol–water partition coefficient (Wildman–Crippen LogP) is 3.33. The Morgan fingerprint density at radius 1 is 1.39 bits per heavy atom. The fourth-order valence-electron chi connectivity index (χ4n) is 3.50. The van der Waals surface area contributed by atoms with E-state index in [1.165, 1.54) is 25.3 Å². The third kappa shape index (κ3) is 2.85. The van der Waals surface area contributed by atoms with Crippen molar-refractivity contribution < 1.29 is 13.9 Å². The van der Waals surface area contributed by atoms with Crippen molar-refractivity contribution in [1.29, 1.82) is 0 Å². The molecular weight excluding hydrogens is 313 g/mol. The number of pyridine rings is 1. The number of carbonyl (C=O) groups is 1. The smallest absolute Gasteiger partial charge is 0.265 e. The predicted molar refractivity (Wildman–Crippen MR) is 90.1 cm³/mol. The van der Waals surface area contributed by atoms with Crippen molar-refractivity contribution >= 4 is 25.0 Å². The summed E-state index contributed by atoms with van der Waals surface area (Å²) in [5, 5.41) is 0.629. The van der Waals surface area contributed by atoms with E-state index in [0.29, 0.717) is 22.5 Å². The lowest BCUT2D eigenvalue weighted by Gasteiger charge is -2.34. The van der Waals surface area contributed by atoms with Gasteiger partial charge >= 0.3 is 0 Å². The van der Waals surface area contributed by atoms with Gasteiger partial charge in [-0.05, 0) is 18.9 Å². The van der Waals surface area contributed by atoms with Crippen molar-refractivity contribution in [3.63, 3.8) is 0 Å². The molecule has 2 N–H and O–H groups in total. The number of carbonyl (C=O) groups excluding carboxylic acids is 1. The van der Waals surface area contributed by atoms with E-state index in [1.54, 1.807) is 6.07 Å². The molecule has 0 bridgehead atoms. The third-order valence-corrected chi connectivity index (χ3v) is 8.17. The number of primary amides is 1. The molecular formula is C16H22FN3O2Si. The van der Waals surface area contributed by atoms with Gasteiger partial charge in [-0.25, -0.2) is 4.98 Å². The Balaban J connectivity index is 2.16. The average Bonchev–Trinajstić information content (AvgIpc) is 2.86. The number of fused-ring (bicyclic) bond motifs is 1. The second kappa shape index (κ2) is 5.63. The lowest BCUT2D eigenvalue weighted by molar-refractivity contribution is 0.0989. The van der Waals surface area contributed by atoms with Crippen LogP contribution in [0.2, 0.25) is 25.2 Å². The van der Waals surface area contributed by atoms with Gasteiger partial charge in [-0.1, -0.05) is 25.2 Å². The minimum Gasteiger partial charge on any atom is -0.496 e. The van der Waals surface area contributed by atoms with Crippen molar-refractivity contribution in [2.45, 2.75) is 44.1 Å². The van der Waals surface area contributed by atoms with Crippen LogP contribution >= 0.6 is 0 Å². The number of rotatable bonds is 3. The van der Waals surface area contributed by atoms with E-state index in [2.05, 4.69) is 18.1 Å². The molecule has 1 aliphatic rings. The van der Waals surface area contributed by atoms with Crippen LogP contribution in [0, 0.1) is 5.95 Å². The molecule has 0 aromatic carbocycles. The Kier molecular flexibility index (Phi) is 3.91. The van der Waals surface area contributed by atoms with Crippen molar-refractivity contribution in [1.82, 2.24) is 9.55 Å². The first-order chi connectivity index (χ1) is 10.8. The van der Waals surface area contributed by atoms with Crippen molar-refractivity contribution in [3.05, 3.63) is 23.8 Å². The molecule has 5 nitrogen and oxygen atoms in total. The molecule has 2 aromatic rings. The summed E-state index contributed by atoms with van der Waals surface area (Å²) < 4.78 is 20.9. The molecule has 3 rings (SSSR count). The lowest BCUT2D eigenvalue weighted by atomic mass is 10.1. The van der Waals surface area contributed by atoms with E-state index in [1.807, 2.05) is 4.57 Å². The van der Waals surface area contributed by atoms with Gasteiger partial charge in [-0.2, -0.15) is 4.39 Å². The topological polar surface area (TPSA) is 70.1 Å². The second-order valence-electron chi connectivity index (χ2n) is 7.04. The summed E-state index contributed by atoms with van der Waals surface area (Å²) in [4.78, 5) is 15.9. The van der Waals surface area contributed by atoms with E-state index in [9.17, 15) is 9.18 Å². The maximum absolute atomic E-state index is 13.9. The quantitative estimate of drug-likeness (QED) is 0.691. The van der Waals surface area contributed by atoms with Crippen molar-refractivity contribution in [3.8, 4) is 5.75 Å². The third-order valence-electron chi connectivity index (χ3n) is 4.88. The van der Waals surface area contributed by atoms with Gasteiger partial charge in [0.05, 0.1) is 12.5 Å². The Bertz CT molecular complexity index is 762. The largest absolute Gasteiger partial charge is 0.496 e. The first-order valence-corrected chi connectivity index (χ1v) is 11.3. The standard InChI is InChI=1S/C16H22FN3O2Si/c1-22-13-9-14(17)19-16-11(13)8-12(15(18)21)20(16)10-4-6-23(2,3)7-5-10/h8-10H,4-7H2,1-3H3,(H2,18,21). The normalized spacial score (nSPS) is 18.3. The minimum atomic E-state index is -1.13. The zero-order chi connectivity index (χ0) is 16.8. The number of methoxy groups -OCH3 is 1. The first kappa shape index (κ1) is 16.0. The van der Waals surface area contributed by atoms with Gasteiger partial charge in [0.25, 0.3) is 5.91 Å². The number of nitrogens with zero attached hydrogens (tertiary/aromatic N) is 2. The van der Waals surface area contributed by atoms with Crippen molar-refractivity contribution in [2.24, 2.45) is 5.73 Å². The van der Waals surface area contributed by atoms with Crippen LogP contribution in [-0.4, -0.2) is 30.6 Å².